The van der Waals surface area contributed by atoms with Crippen LogP contribution < -0.4 is 20.2 Å². The van der Waals surface area contributed by atoms with E-state index in [9.17, 15) is 9.59 Å². The number of benzene rings is 1. The molecule has 0 spiro atoms. The highest BCUT2D eigenvalue weighted by Gasteiger charge is 2.12. The third kappa shape index (κ3) is 5.59. The van der Waals surface area contributed by atoms with Crippen molar-refractivity contribution in [2.24, 2.45) is 5.10 Å². The van der Waals surface area contributed by atoms with Crippen molar-refractivity contribution in [2.45, 2.75) is 6.42 Å². The predicted molar refractivity (Wildman–Crippen MR) is 96.2 cm³/mol. The highest BCUT2D eigenvalue weighted by Crippen LogP contribution is 2.27. The molecule has 0 unspecified atom stereocenters. The summed E-state index contributed by atoms with van der Waals surface area (Å²) in [5.74, 6) is -0.364. The number of carbonyl (C=O) groups excluding carboxylic acids is 2. The van der Waals surface area contributed by atoms with Gasteiger partial charge in [0.05, 0.1) is 26.1 Å². The molecule has 8 heteroatoms. The van der Waals surface area contributed by atoms with Crippen molar-refractivity contribution >= 4 is 18.0 Å². The Kier molecular flexibility index (Phi) is 7.11. The van der Waals surface area contributed by atoms with Crippen LogP contribution in [0.4, 0.5) is 0 Å². The zero-order valence-electron chi connectivity index (χ0n) is 14.6. The number of hydrogen-bond donors (Lipinski definition) is 2. The first kappa shape index (κ1) is 18.9. The minimum atomic E-state index is -0.843. The first-order chi connectivity index (χ1) is 12.6. The van der Waals surface area contributed by atoms with Crippen LogP contribution in [0.25, 0.3) is 0 Å². The summed E-state index contributed by atoms with van der Waals surface area (Å²) in [7, 11) is 3.12. The third-order valence-corrected chi connectivity index (χ3v) is 3.40. The standard InChI is InChI=1S/C18H20N4O4/c1-25-15-7-6-13(11-16(15)26-2)8-10-20-17(23)18(24)22-21-12-14-5-3-4-9-19-14/h3-7,9,11-12H,8,10H2,1-2H3,(H,20,23)(H,22,24). The number of nitrogens with one attached hydrogen (secondary N) is 2. The summed E-state index contributed by atoms with van der Waals surface area (Å²) in [6.07, 6.45) is 3.50. The molecule has 8 nitrogen and oxygen atoms in total. The van der Waals surface area contributed by atoms with E-state index in [-0.39, 0.29) is 0 Å². The van der Waals surface area contributed by atoms with Crippen LogP contribution in [0.1, 0.15) is 11.3 Å². The summed E-state index contributed by atoms with van der Waals surface area (Å²) < 4.78 is 10.4. The molecule has 136 valence electrons. The zero-order chi connectivity index (χ0) is 18.8. The fourth-order valence-corrected chi connectivity index (χ4v) is 2.10. The van der Waals surface area contributed by atoms with Gasteiger partial charge in [0.2, 0.25) is 0 Å². The number of rotatable bonds is 7. The molecule has 1 aromatic heterocycles. The SMILES string of the molecule is COc1ccc(CCNC(=O)C(=O)NN=Cc2ccccn2)cc1OC. The largest absolute Gasteiger partial charge is 0.493 e. The fraction of sp³-hybridized carbons (Fsp3) is 0.222. The van der Waals surface area contributed by atoms with Gasteiger partial charge in [-0.2, -0.15) is 5.10 Å². The van der Waals surface area contributed by atoms with Crippen molar-refractivity contribution in [1.82, 2.24) is 15.7 Å². The van der Waals surface area contributed by atoms with E-state index >= 15 is 0 Å². The van der Waals surface area contributed by atoms with E-state index in [1.807, 2.05) is 12.1 Å². The van der Waals surface area contributed by atoms with Crippen LogP contribution in [0.5, 0.6) is 11.5 Å². The molecule has 2 N–H and O–H groups in total. The molecule has 0 aliphatic heterocycles. The molecule has 1 aromatic carbocycles. The number of pyridine rings is 1. The Labute approximate surface area is 151 Å². The quantitative estimate of drug-likeness (QED) is 0.436. The van der Waals surface area contributed by atoms with Crippen molar-refractivity contribution in [1.29, 1.82) is 0 Å². The lowest BCUT2D eigenvalue weighted by Gasteiger charge is -2.09. The summed E-state index contributed by atoms with van der Waals surface area (Å²) in [6.45, 7) is 0.297. The first-order valence-electron chi connectivity index (χ1n) is 7.87. The summed E-state index contributed by atoms with van der Waals surface area (Å²) in [5.41, 5.74) is 3.67. The van der Waals surface area contributed by atoms with E-state index in [0.717, 1.165) is 5.56 Å². The lowest BCUT2D eigenvalue weighted by Crippen LogP contribution is -2.38. The molecule has 2 amide bonds. The number of aromatic nitrogens is 1. The number of amides is 2. The number of methoxy groups -OCH3 is 2. The van der Waals surface area contributed by atoms with Crippen molar-refractivity contribution < 1.29 is 19.1 Å². The Bertz CT molecular complexity index is 778. The van der Waals surface area contributed by atoms with Gasteiger partial charge in [-0.25, -0.2) is 5.43 Å². The van der Waals surface area contributed by atoms with Gasteiger partial charge < -0.3 is 14.8 Å². The number of carbonyl (C=O) groups is 2. The van der Waals surface area contributed by atoms with Gasteiger partial charge in [0, 0.05) is 12.7 Å². The van der Waals surface area contributed by atoms with Gasteiger partial charge in [0.1, 0.15) is 0 Å². The van der Waals surface area contributed by atoms with E-state index < -0.39 is 11.8 Å². The molecular formula is C18H20N4O4. The Morgan fingerprint density at radius 2 is 1.92 bits per heavy atom. The van der Waals surface area contributed by atoms with Gasteiger partial charge in [-0.15, -0.1) is 0 Å². The molecule has 0 bridgehead atoms. The van der Waals surface area contributed by atoms with Gasteiger partial charge in [-0.3, -0.25) is 14.6 Å². The van der Waals surface area contributed by atoms with Crippen LogP contribution >= 0.6 is 0 Å². The van der Waals surface area contributed by atoms with E-state index in [1.54, 1.807) is 44.7 Å². The highest BCUT2D eigenvalue weighted by atomic mass is 16.5. The van der Waals surface area contributed by atoms with Crippen LogP contribution in [-0.4, -0.2) is 43.8 Å². The van der Waals surface area contributed by atoms with Gasteiger partial charge in [0.25, 0.3) is 0 Å². The van der Waals surface area contributed by atoms with Crippen LogP contribution in [0.2, 0.25) is 0 Å². The van der Waals surface area contributed by atoms with Gasteiger partial charge in [0.15, 0.2) is 11.5 Å². The average molecular weight is 356 g/mol. The summed E-state index contributed by atoms with van der Waals surface area (Å²) in [5, 5.41) is 6.23. The summed E-state index contributed by atoms with van der Waals surface area (Å²) >= 11 is 0. The topological polar surface area (TPSA) is 102 Å². The van der Waals surface area contributed by atoms with Gasteiger partial charge >= 0.3 is 11.8 Å². The Morgan fingerprint density at radius 1 is 1.12 bits per heavy atom. The maximum absolute atomic E-state index is 11.7. The lowest BCUT2D eigenvalue weighted by molar-refractivity contribution is -0.139. The van der Waals surface area contributed by atoms with Gasteiger partial charge in [-0.05, 0) is 36.2 Å². The summed E-state index contributed by atoms with van der Waals surface area (Å²) in [4.78, 5) is 27.4. The average Bonchev–Trinajstić information content (AvgIpc) is 2.68. The number of hydrogen-bond acceptors (Lipinski definition) is 6. The molecular weight excluding hydrogens is 336 g/mol. The molecule has 0 fully saturated rings. The third-order valence-electron chi connectivity index (χ3n) is 3.40. The van der Waals surface area contributed by atoms with Crippen LogP contribution in [-0.2, 0) is 16.0 Å². The smallest absolute Gasteiger partial charge is 0.329 e. The molecule has 0 aliphatic rings. The van der Waals surface area contributed by atoms with Crippen molar-refractivity contribution in [3.63, 3.8) is 0 Å². The lowest BCUT2D eigenvalue weighted by atomic mass is 10.1. The monoisotopic (exact) mass is 356 g/mol. The zero-order valence-corrected chi connectivity index (χ0v) is 14.6. The van der Waals surface area contributed by atoms with Crippen molar-refractivity contribution in [3.05, 3.63) is 53.9 Å². The second-order valence-electron chi connectivity index (χ2n) is 5.15. The van der Waals surface area contributed by atoms with Crippen molar-refractivity contribution in [3.8, 4) is 11.5 Å². The summed E-state index contributed by atoms with van der Waals surface area (Å²) in [6, 6.07) is 10.7. The maximum Gasteiger partial charge on any atom is 0.329 e. The van der Waals surface area contributed by atoms with Crippen LogP contribution in [0, 0.1) is 0 Å². The number of nitrogens with zero attached hydrogens (tertiary/aromatic N) is 2. The first-order valence-corrected chi connectivity index (χ1v) is 7.87. The fourth-order valence-electron chi connectivity index (χ4n) is 2.10. The Hall–Kier alpha value is -3.42. The van der Waals surface area contributed by atoms with Crippen LogP contribution in [0.15, 0.2) is 47.7 Å². The van der Waals surface area contributed by atoms with Gasteiger partial charge in [-0.1, -0.05) is 12.1 Å². The molecule has 26 heavy (non-hydrogen) atoms. The van der Waals surface area contributed by atoms with Crippen LogP contribution in [0.3, 0.4) is 0 Å². The number of hydrazone groups is 1. The van der Waals surface area contributed by atoms with E-state index in [0.29, 0.717) is 30.2 Å². The number of ether oxygens (including phenoxy) is 2. The molecule has 2 aromatic rings. The second-order valence-corrected chi connectivity index (χ2v) is 5.15. The molecule has 0 atom stereocenters. The second kappa shape index (κ2) is 9.77. The Balaban J connectivity index is 1.77. The van der Waals surface area contributed by atoms with Crippen molar-refractivity contribution in [2.75, 3.05) is 20.8 Å². The molecule has 0 radical (unpaired) electrons. The minimum absolute atomic E-state index is 0.297. The molecule has 0 saturated carbocycles. The van der Waals surface area contributed by atoms with E-state index in [4.69, 9.17) is 9.47 Å². The predicted octanol–water partition coefficient (Wildman–Crippen LogP) is 0.908. The molecule has 0 saturated heterocycles. The molecule has 1 heterocycles. The normalized spacial score (nSPS) is 10.4. The highest BCUT2D eigenvalue weighted by molar-refractivity contribution is 6.35. The molecule has 0 aliphatic carbocycles. The maximum atomic E-state index is 11.7. The minimum Gasteiger partial charge on any atom is -0.493 e. The Morgan fingerprint density at radius 3 is 2.62 bits per heavy atom. The molecule has 2 rings (SSSR count). The van der Waals surface area contributed by atoms with E-state index in [2.05, 4.69) is 20.8 Å². The van der Waals surface area contributed by atoms with E-state index in [1.165, 1.54) is 6.21 Å².